The first-order valence-corrected chi connectivity index (χ1v) is 21.0. The summed E-state index contributed by atoms with van der Waals surface area (Å²) in [6.07, 6.45) is 48.6. The summed E-state index contributed by atoms with van der Waals surface area (Å²) in [6, 6.07) is 11.0. The van der Waals surface area contributed by atoms with E-state index in [0.29, 0.717) is 0 Å². The third-order valence-electron chi connectivity index (χ3n) is 10.3. The van der Waals surface area contributed by atoms with E-state index in [9.17, 15) is 0 Å². The van der Waals surface area contributed by atoms with E-state index in [2.05, 4.69) is 65.7 Å². The van der Waals surface area contributed by atoms with Crippen LogP contribution in [-0.2, 0) is 25.9 Å². The van der Waals surface area contributed by atoms with Gasteiger partial charge in [0.05, 0.1) is 13.1 Å². The fraction of sp³-hybridized carbons (Fsp3) is 0.795. The minimum Gasteiger partial charge on any atom is -0.234 e. The third kappa shape index (κ3) is 22.1. The van der Waals surface area contributed by atoms with Crippen molar-refractivity contribution < 1.29 is 4.57 Å². The van der Waals surface area contributed by atoms with Gasteiger partial charge >= 0.3 is 0 Å². The number of unbranched alkanes of at least 4 members (excludes halogenated alkanes) is 26. The average Bonchev–Trinajstić information content (AvgIpc) is 3.46. The van der Waals surface area contributed by atoms with Gasteiger partial charge in [-0.3, -0.25) is 0 Å². The van der Waals surface area contributed by atoms with Crippen LogP contribution in [0.2, 0.25) is 0 Å². The fourth-order valence-corrected chi connectivity index (χ4v) is 7.24. The maximum Gasteiger partial charge on any atom is 0.256 e. The highest BCUT2D eigenvalue weighted by molar-refractivity contribution is 5.14. The van der Waals surface area contributed by atoms with Gasteiger partial charge < -0.3 is 0 Å². The zero-order valence-electron chi connectivity index (χ0n) is 31.3. The van der Waals surface area contributed by atoms with Crippen LogP contribution in [0.3, 0.4) is 0 Å². The van der Waals surface area contributed by atoms with Gasteiger partial charge in [0, 0.05) is 6.42 Å². The van der Waals surface area contributed by atoms with Crippen molar-refractivity contribution in [1.29, 1.82) is 0 Å². The normalized spacial score (nSPS) is 11.5. The molecule has 0 aliphatic carbocycles. The Morgan fingerprint density at radius 2 is 0.848 bits per heavy atom. The van der Waals surface area contributed by atoms with Crippen molar-refractivity contribution >= 4 is 0 Å². The molecule has 0 amide bonds. The van der Waals surface area contributed by atoms with Gasteiger partial charge in [-0.05, 0) is 37.7 Å². The Bertz CT molecular complexity index is 885. The molecular formula is C44H79N2+. The Labute approximate surface area is 288 Å². The van der Waals surface area contributed by atoms with Crippen LogP contribution in [0, 0.1) is 0 Å². The molecule has 0 saturated heterocycles. The SMILES string of the molecule is CCCCCCCCCCCCCCCCCn1cc[n+](CCCc2ccccc2)c1CCCCCCCCCCCCCCC. The predicted molar refractivity (Wildman–Crippen MR) is 204 cm³/mol. The van der Waals surface area contributed by atoms with Gasteiger partial charge in [0.1, 0.15) is 12.4 Å². The van der Waals surface area contributed by atoms with E-state index in [1.54, 1.807) is 5.82 Å². The minimum absolute atomic E-state index is 1.15. The van der Waals surface area contributed by atoms with Gasteiger partial charge in [-0.25, -0.2) is 9.13 Å². The molecular weight excluding hydrogens is 556 g/mol. The summed E-state index contributed by atoms with van der Waals surface area (Å²) in [6.45, 7) is 6.97. The van der Waals surface area contributed by atoms with Crippen molar-refractivity contribution in [2.45, 2.75) is 226 Å². The molecule has 0 aliphatic heterocycles. The number of aryl methyl sites for hydroxylation is 3. The van der Waals surface area contributed by atoms with Crippen LogP contribution in [-0.4, -0.2) is 4.57 Å². The molecule has 2 aromatic rings. The zero-order chi connectivity index (χ0) is 32.6. The number of benzene rings is 1. The molecule has 0 radical (unpaired) electrons. The van der Waals surface area contributed by atoms with Crippen LogP contribution in [0.15, 0.2) is 42.7 Å². The molecule has 0 atom stereocenters. The molecule has 2 rings (SSSR count). The van der Waals surface area contributed by atoms with Gasteiger partial charge in [0.25, 0.3) is 5.82 Å². The average molecular weight is 636 g/mol. The van der Waals surface area contributed by atoms with E-state index in [-0.39, 0.29) is 0 Å². The Hall–Kier alpha value is -1.57. The Balaban J connectivity index is 1.59. The molecule has 0 fully saturated rings. The number of hydrogen-bond donors (Lipinski definition) is 0. The monoisotopic (exact) mass is 636 g/mol. The lowest BCUT2D eigenvalue weighted by Gasteiger charge is -2.07. The van der Waals surface area contributed by atoms with Crippen LogP contribution >= 0.6 is 0 Å². The molecule has 0 unspecified atom stereocenters. The van der Waals surface area contributed by atoms with Crippen LogP contribution < -0.4 is 4.57 Å². The zero-order valence-corrected chi connectivity index (χ0v) is 31.3. The molecule has 0 bridgehead atoms. The highest BCUT2D eigenvalue weighted by atomic mass is 15.1. The second kappa shape index (κ2) is 30.7. The number of rotatable bonds is 34. The van der Waals surface area contributed by atoms with Gasteiger partial charge in [-0.2, -0.15) is 0 Å². The van der Waals surface area contributed by atoms with Gasteiger partial charge in [0.15, 0.2) is 0 Å². The molecule has 0 aliphatic rings. The molecule has 1 aromatic carbocycles. The molecule has 46 heavy (non-hydrogen) atoms. The Morgan fingerprint density at radius 1 is 0.435 bits per heavy atom. The van der Waals surface area contributed by atoms with E-state index >= 15 is 0 Å². The first-order chi connectivity index (χ1) is 22.8. The topological polar surface area (TPSA) is 8.81 Å². The molecule has 2 nitrogen and oxygen atoms in total. The summed E-state index contributed by atoms with van der Waals surface area (Å²) in [5, 5.41) is 0. The standard InChI is InChI=1S/C44H79N2/c1-3-5-7-9-11-13-15-17-18-20-22-24-26-28-33-39-45-41-42-46(40-34-37-43-35-30-29-31-36-43)44(45)38-32-27-25-23-21-19-16-14-12-10-8-6-4-2/h29-31,35-36,41-42H,3-28,32-34,37-40H2,1-2H3/q+1. The summed E-state index contributed by atoms with van der Waals surface area (Å²) in [5.41, 5.74) is 1.47. The van der Waals surface area contributed by atoms with Crippen molar-refractivity contribution in [2.24, 2.45) is 0 Å². The van der Waals surface area contributed by atoms with Crippen molar-refractivity contribution in [1.82, 2.24) is 4.57 Å². The quantitative estimate of drug-likeness (QED) is 0.0534. The summed E-state index contributed by atoms with van der Waals surface area (Å²) in [7, 11) is 0. The van der Waals surface area contributed by atoms with Crippen molar-refractivity contribution in [3.63, 3.8) is 0 Å². The van der Waals surface area contributed by atoms with Gasteiger partial charge in [0.2, 0.25) is 0 Å². The molecule has 0 N–H and O–H groups in total. The van der Waals surface area contributed by atoms with E-state index in [1.165, 1.54) is 211 Å². The van der Waals surface area contributed by atoms with Crippen molar-refractivity contribution in [3.05, 3.63) is 54.1 Å². The lowest BCUT2D eigenvalue weighted by Crippen LogP contribution is -2.37. The van der Waals surface area contributed by atoms with E-state index in [4.69, 9.17) is 0 Å². The van der Waals surface area contributed by atoms with Crippen LogP contribution in [0.4, 0.5) is 0 Å². The van der Waals surface area contributed by atoms with Gasteiger partial charge in [-0.15, -0.1) is 0 Å². The lowest BCUT2D eigenvalue weighted by molar-refractivity contribution is -0.704. The number of imidazole rings is 1. The van der Waals surface area contributed by atoms with Crippen LogP contribution in [0.1, 0.15) is 211 Å². The molecule has 264 valence electrons. The second-order valence-electron chi connectivity index (χ2n) is 14.6. The molecule has 2 heteroatoms. The highest BCUT2D eigenvalue weighted by Crippen LogP contribution is 2.16. The van der Waals surface area contributed by atoms with Crippen molar-refractivity contribution in [2.75, 3.05) is 0 Å². The third-order valence-corrected chi connectivity index (χ3v) is 10.3. The molecule has 0 spiro atoms. The Kier molecular flexibility index (Phi) is 27.1. The van der Waals surface area contributed by atoms with E-state index in [1.807, 2.05) is 0 Å². The van der Waals surface area contributed by atoms with Crippen LogP contribution in [0.25, 0.3) is 0 Å². The minimum atomic E-state index is 1.15. The Morgan fingerprint density at radius 3 is 1.30 bits per heavy atom. The number of aromatic nitrogens is 2. The van der Waals surface area contributed by atoms with Crippen molar-refractivity contribution in [3.8, 4) is 0 Å². The first kappa shape index (κ1) is 40.6. The summed E-state index contributed by atoms with van der Waals surface area (Å²) >= 11 is 0. The largest absolute Gasteiger partial charge is 0.256 e. The second-order valence-corrected chi connectivity index (χ2v) is 14.6. The molecule has 1 aromatic heterocycles. The first-order valence-electron chi connectivity index (χ1n) is 21.0. The summed E-state index contributed by atoms with van der Waals surface area (Å²) in [4.78, 5) is 0. The molecule has 0 saturated carbocycles. The predicted octanol–water partition coefficient (Wildman–Crippen LogP) is 13.9. The molecule has 1 heterocycles. The maximum absolute atomic E-state index is 2.62. The summed E-state index contributed by atoms with van der Waals surface area (Å²) in [5.74, 6) is 1.58. The highest BCUT2D eigenvalue weighted by Gasteiger charge is 2.16. The maximum atomic E-state index is 2.62. The fourth-order valence-electron chi connectivity index (χ4n) is 7.24. The van der Waals surface area contributed by atoms with Crippen LogP contribution in [0.5, 0.6) is 0 Å². The van der Waals surface area contributed by atoms with Gasteiger partial charge in [-0.1, -0.05) is 205 Å². The lowest BCUT2D eigenvalue weighted by atomic mass is 10.0. The number of nitrogens with zero attached hydrogens (tertiary/aromatic N) is 2. The number of hydrogen-bond acceptors (Lipinski definition) is 0. The smallest absolute Gasteiger partial charge is 0.234 e. The van der Waals surface area contributed by atoms with E-state index < -0.39 is 0 Å². The van der Waals surface area contributed by atoms with E-state index in [0.717, 1.165) is 6.54 Å². The summed E-state index contributed by atoms with van der Waals surface area (Å²) < 4.78 is 5.21.